The number of hydrogen-bond donors (Lipinski definition) is 6. The molecular formula is C11H18N2O6S. The summed E-state index contributed by atoms with van der Waals surface area (Å²) in [6, 6.07) is 0. The van der Waals surface area contributed by atoms with E-state index in [4.69, 9.17) is 9.84 Å². The van der Waals surface area contributed by atoms with Crippen LogP contribution in [0.5, 0.6) is 0 Å². The molecule has 0 aliphatic carbocycles. The molecule has 0 amide bonds. The van der Waals surface area contributed by atoms with E-state index in [0.29, 0.717) is 4.91 Å². The van der Waals surface area contributed by atoms with Gasteiger partial charge >= 0.3 is 0 Å². The van der Waals surface area contributed by atoms with Crippen LogP contribution in [0.1, 0.15) is 6.92 Å². The van der Waals surface area contributed by atoms with Crippen LogP contribution >= 0.6 is 11.8 Å². The van der Waals surface area contributed by atoms with Crippen molar-refractivity contribution in [1.82, 2.24) is 10.6 Å². The molecule has 114 valence electrons. The molecule has 0 aromatic rings. The SMILES string of the molecule is CC(=O)C1=CNC(NC2OC(CO)C(O)C(O)C2O)S1. The summed E-state index contributed by atoms with van der Waals surface area (Å²) in [6.07, 6.45) is -4.55. The lowest BCUT2D eigenvalue weighted by molar-refractivity contribution is -0.237. The van der Waals surface area contributed by atoms with Gasteiger partial charge in [-0.05, 0) is 6.92 Å². The molecule has 20 heavy (non-hydrogen) atoms. The summed E-state index contributed by atoms with van der Waals surface area (Å²) in [4.78, 5) is 11.7. The molecule has 0 aromatic heterocycles. The van der Waals surface area contributed by atoms with Gasteiger partial charge in [0.05, 0.1) is 11.5 Å². The number of hydrogen-bond acceptors (Lipinski definition) is 9. The molecule has 9 heteroatoms. The van der Waals surface area contributed by atoms with E-state index in [0.717, 1.165) is 0 Å². The molecule has 0 saturated carbocycles. The van der Waals surface area contributed by atoms with Crippen molar-refractivity contribution in [2.45, 2.75) is 43.1 Å². The number of nitrogens with one attached hydrogen (secondary N) is 2. The Balaban J connectivity index is 1.94. The Bertz CT molecular complexity index is 404. The number of thioether (sulfide) groups is 1. The Morgan fingerprint density at radius 1 is 1.40 bits per heavy atom. The zero-order valence-electron chi connectivity index (χ0n) is 10.8. The Morgan fingerprint density at radius 2 is 2.10 bits per heavy atom. The molecule has 0 bridgehead atoms. The lowest BCUT2D eigenvalue weighted by Gasteiger charge is -2.41. The first kappa shape index (κ1) is 15.7. The van der Waals surface area contributed by atoms with Crippen molar-refractivity contribution in [2.75, 3.05) is 6.61 Å². The summed E-state index contributed by atoms with van der Waals surface area (Å²) in [6.45, 7) is 0.960. The van der Waals surface area contributed by atoms with Crippen LogP contribution in [-0.2, 0) is 9.53 Å². The van der Waals surface area contributed by atoms with Crippen LogP contribution in [0.25, 0.3) is 0 Å². The molecule has 1 saturated heterocycles. The summed E-state index contributed by atoms with van der Waals surface area (Å²) in [7, 11) is 0. The number of rotatable bonds is 4. The number of ether oxygens (including phenoxy) is 1. The van der Waals surface area contributed by atoms with Gasteiger partial charge in [-0.2, -0.15) is 0 Å². The highest BCUT2D eigenvalue weighted by molar-refractivity contribution is 8.04. The summed E-state index contributed by atoms with van der Waals surface area (Å²) in [5, 5.41) is 44.0. The third-order valence-corrected chi connectivity index (χ3v) is 4.33. The van der Waals surface area contributed by atoms with E-state index in [1.807, 2.05) is 0 Å². The van der Waals surface area contributed by atoms with Crippen molar-refractivity contribution in [1.29, 1.82) is 0 Å². The van der Waals surface area contributed by atoms with Gasteiger partial charge in [0.15, 0.2) is 5.78 Å². The summed E-state index contributed by atoms with van der Waals surface area (Å²) >= 11 is 1.22. The molecule has 2 aliphatic rings. The van der Waals surface area contributed by atoms with Gasteiger partial charge in [-0.15, -0.1) is 0 Å². The molecule has 6 atom stereocenters. The minimum Gasteiger partial charge on any atom is -0.394 e. The first-order valence-corrected chi connectivity index (χ1v) is 7.02. The summed E-state index contributed by atoms with van der Waals surface area (Å²) in [5.41, 5.74) is -0.407. The van der Waals surface area contributed by atoms with E-state index in [1.165, 1.54) is 18.7 Å². The molecule has 6 unspecified atom stereocenters. The van der Waals surface area contributed by atoms with Gasteiger partial charge in [-0.1, -0.05) is 11.8 Å². The second-order valence-electron chi connectivity index (χ2n) is 4.65. The fourth-order valence-electron chi connectivity index (χ4n) is 2.00. The van der Waals surface area contributed by atoms with Crippen LogP contribution in [0.15, 0.2) is 11.1 Å². The van der Waals surface area contributed by atoms with Crippen LogP contribution in [0.3, 0.4) is 0 Å². The largest absolute Gasteiger partial charge is 0.394 e. The van der Waals surface area contributed by atoms with Crippen LogP contribution in [0.2, 0.25) is 0 Å². The van der Waals surface area contributed by atoms with Crippen LogP contribution in [-0.4, -0.2) is 69.0 Å². The minimum absolute atomic E-state index is 0.0828. The summed E-state index contributed by atoms with van der Waals surface area (Å²) in [5.74, 6) is -0.0828. The fourth-order valence-corrected chi connectivity index (χ4v) is 2.90. The van der Waals surface area contributed by atoms with Gasteiger partial charge in [0.1, 0.15) is 36.1 Å². The van der Waals surface area contributed by atoms with Crippen LogP contribution < -0.4 is 10.6 Å². The van der Waals surface area contributed by atoms with Gasteiger partial charge in [-0.3, -0.25) is 10.1 Å². The van der Waals surface area contributed by atoms with E-state index in [1.54, 1.807) is 6.20 Å². The fraction of sp³-hybridized carbons (Fsp3) is 0.727. The van der Waals surface area contributed by atoms with Crippen molar-refractivity contribution in [3.8, 4) is 0 Å². The Hall–Kier alpha value is -0.680. The van der Waals surface area contributed by atoms with E-state index in [9.17, 15) is 20.1 Å². The maximum atomic E-state index is 11.2. The van der Waals surface area contributed by atoms with Gasteiger partial charge in [0.2, 0.25) is 0 Å². The molecule has 6 N–H and O–H groups in total. The number of ketones is 1. The Kier molecular flexibility index (Phi) is 5.02. The Labute approximate surface area is 119 Å². The smallest absolute Gasteiger partial charge is 0.167 e. The van der Waals surface area contributed by atoms with Crippen molar-refractivity contribution in [3.05, 3.63) is 11.1 Å². The average molecular weight is 306 g/mol. The molecular weight excluding hydrogens is 288 g/mol. The normalized spacial score (nSPS) is 41.1. The van der Waals surface area contributed by atoms with Crippen molar-refractivity contribution >= 4 is 17.5 Å². The standard InChI is InChI=1S/C11H18N2O6S/c1-4(15)6-2-12-11(20-6)13-10-9(18)8(17)7(16)5(3-14)19-10/h2,5,7-14,16-18H,3H2,1H3. The molecule has 2 aliphatic heterocycles. The topological polar surface area (TPSA) is 131 Å². The second kappa shape index (κ2) is 6.39. The quantitative estimate of drug-likeness (QED) is 0.331. The predicted octanol–water partition coefficient (Wildman–Crippen LogP) is -2.57. The average Bonchev–Trinajstić information content (AvgIpc) is 2.88. The van der Waals surface area contributed by atoms with Crippen molar-refractivity contribution in [3.63, 3.8) is 0 Å². The Morgan fingerprint density at radius 3 is 2.65 bits per heavy atom. The molecule has 2 rings (SSSR count). The zero-order valence-corrected chi connectivity index (χ0v) is 11.6. The number of carbonyl (C=O) groups is 1. The van der Waals surface area contributed by atoms with E-state index in [2.05, 4.69) is 10.6 Å². The predicted molar refractivity (Wildman–Crippen MR) is 70.2 cm³/mol. The lowest BCUT2D eigenvalue weighted by atomic mass is 9.98. The molecule has 0 spiro atoms. The van der Waals surface area contributed by atoms with Gasteiger partial charge in [0.25, 0.3) is 0 Å². The van der Waals surface area contributed by atoms with E-state index in [-0.39, 0.29) is 5.78 Å². The molecule has 0 aromatic carbocycles. The first-order valence-electron chi connectivity index (χ1n) is 6.14. The van der Waals surface area contributed by atoms with E-state index >= 15 is 0 Å². The second-order valence-corrected chi connectivity index (χ2v) is 5.79. The first-order chi connectivity index (χ1) is 9.43. The lowest BCUT2D eigenvalue weighted by Crippen LogP contribution is -2.64. The zero-order chi connectivity index (χ0) is 14.9. The number of Topliss-reactive ketones (excluding diaryl/α,β-unsaturated/α-hetero) is 1. The third kappa shape index (κ3) is 3.14. The van der Waals surface area contributed by atoms with Crippen molar-refractivity contribution < 1.29 is 30.0 Å². The maximum Gasteiger partial charge on any atom is 0.167 e. The molecule has 1 fully saturated rings. The van der Waals surface area contributed by atoms with Crippen LogP contribution in [0.4, 0.5) is 0 Å². The maximum absolute atomic E-state index is 11.2. The van der Waals surface area contributed by atoms with Gasteiger partial charge in [0, 0.05) is 6.20 Å². The summed E-state index contributed by atoms with van der Waals surface area (Å²) < 4.78 is 5.31. The monoisotopic (exact) mass is 306 g/mol. The minimum atomic E-state index is -1.43. The van der Waals surface area contributed by atoms with Crippen LogP contribution in [0, 0.1) is 0 Å². The van der Waals surface area contributed by atoms with E-state index < -0.39 is 42.7 Å². The third-order valence-electron chi connectivity index (χ3n) is 3.17. The number of aliphatic hydroxyl groups is 4. The number of aliphatic hydroxyl groups excluding tert-OH is 4. The number of allylic oxidation sites excluding steroid dienone is 1. The van der Waals surface area contributed by atoms with Gasteiger partial charge in [-0.25, -0.2) is 0 Å². The molecule has 0 radical (unpaired) electrons. The molecule has 8 nitrogen and oxygen atoms in total. The van der Waals surface area contributed by atoms with Gasteiger partial charge < -0.3 is 30.5 Å². The highest BCUT2D eigenvalue weighted by Gasteiger charge is 2.44. The van der Waals surface area contributed by atoms with Crippen molar-refractivity contribution in [2.24, 2.45) is 0 Å². The number of carbonyl (C=O) groups excluding carboxylic acids is 1. The highest BCUT2D eigenvalue weighted by Crippen LogP contribution is 2.27. The highest BCUT2D eigenvalue weighted by atomic mass is 32.2. The molecule has 2 heterocycles.